The predicted molar refractivity (Wildman–Crippen MR) is 106 cm³/mol. The fraction of sp³-hybridized carbons (Fsp3) is 0.143. The molecule has 1 aliphatic heterocycles. The highest BCUT2D eigenvalue weighted by molar-refractivity contribution is 6.48. The normalized spacial score (nSPS) is 14.0. The number of rotatable bonds is 3. The van der Waals surface area contributed by atoms with Crippen LogP contribution in [0.25, 0.3) is 11.0 Å². The second-order valence-corrected chi connectivity index (χ2v) is 6.43. The molecule has 0 aliphatic carbocycles. The minimum absolute atomic E-state index is 0.111. The van der Waals surface area contributed by atoms with Gasteiger partial charge in [0.1, 0.15) is 17.1 Å². The van der Waals surface area contributed by atoms with E-state index in [0.717, 1.165) is 5.01 Å². The number of Topliss-reactive ketones (excluding diaryl/α,β-unsaturated/α-hetero) is 1. The van der Waals surface area contributed by atoms with Crippen LogP contribution in [-0.4, -0.2) is 24.7 Å². The molecular weight excluding hydrogens is 376 g/mol. The lowest BCUT2D eigenvalue weighted by Gasteiger charge is -2.15. The zero-order chi connectivity index (χ0) is 20.7. The van der Waals surface area contributed by atoms with Crippen molar-refractivity contribution < 1.29 is 23.5 Å². The van der Waals surface area contributed by atoms with E-state index < -0.39 is 17.3 Å². The predicted octanol–water partition coefficient (Wildman–Crippen LogP) is 3.05. The zero-order valence-electron chi connectivity index (χ0n) is 15.9. The summed E-state index contributed by atoms with van der Waals surface area (Å²) in [6, 6.07) is 11.3. The number of anilines is 1. The molecule has 0 radical (unpaired) electrons. The van der Waals surface area contributed by atoms with Crippen molar-refractivity contribution in [2.24, 2.45) is 5.10 Å². The molecule has 29 heavy (non-hydrogen) atoms. The quantitative estimate of drug-likeness (QED) is 0.502. The average Bonchev–Trinajstić information content (AvgIpc) is 3.02. The molecule has 0 N–H and O–H groups in total. The Morgan fingerprint density at radius 3 is 2.48 bits per heavy atom. The summed E-state index contributed by atoms with van der Waals surface area (Å²) < 4.78 is 15.9. The van der Waals surface area contributed by atoms with Gasteiger partial charge in [0.05, 0.1) is 12.8 Å². The van der Waals surface area contributed by atoms with E-state index in [4.69, 9.17) is 13.9 Å². The number of ether oxygens (including phenoxy) is 2. The molecule has 2 aromatic carbocycles. The van der Waals surface area contributed by atoms with Crippen LogP contribution in [0.5, 0.6) is 11.5 Å². The molecule has 0 fully saturated rings. The van der Waals surface area contributed by atoms with E-state index >= 15 is 0 Å². The maximum atomic E-state index is 12.9. The summed E-state index contributed by atoms with van der Waals surface area (Å²) in [7, 11) is 1.53. The Bertz CT molecular complexity index is 1240. The van der Waals surface area contributed by atoms with Crippen molar-refractivity contribution >= 4 is 34.2 Å². The standard InChI is InChI=1S/C21H16N2O6/c1-11-10-17(25)29-20-15(11)8-9-16-18(20)19(26)21(28-16)22-23(12(2)24)13-4-6-14(27-3)7-5-13/h4-10H,1-3H3. The number of methoxy groups -OCH3 is 1. The fourth-order valence-corrected chi connectivity index (χ4v) is 3.11. The first-order valence-corrected chi connectivity index (χ1v) is 8.72. The van der Waals surface area contributed by atoms with Gasteiger partial charge in [0, 0.05) is 18.4 Å². The van der Waals surface area contributed by atoms with Crippen LogP contribution in [0.2, 0.25) is 0 Å². The van der Waals surface area contributed by atoms with E-state index in [0.29, 0.717) is 22.4 Å². The Morgan fingerprint density at radius 1 is 1.10 bits per heavy atom. The maximum Gasteiger partial charge on any atom is 0.336 e. The minimum atomic E-state index is -0.570. The summed E-state index contributed by atoms with van der Waals surface area (Å²) in [4.78, 5) is 36.9. The number of nitrogens with zero attached hydrogens (tertiary/aromatic N) is 2. The Balaban J connectivity index is 1.79. The van der Waals surface area contributed by atoms with Crippen LogP contribution < -0.4 is 20.1 Å². The molecule has 1 aliphatic rings. The lowest BCUT2D eigenvalue weighted by Crippen LogP contribution is -2.27. The number of hydrogen-bond donors (Lipinski definition) is 0. The number of amides is 1. The highest BCUT2D eigenvalue weighted by Gasteiger charge is 2.34. The number of hydrazone groups is 1. The third kappa shape index (κ3) is 3.14. The maximum absolute atomic E-state index is 12.9. The smallest absolute Gasteiger partial charge is 0.336 e. The molecule has 0 saturated heterocycles. The molecule has 3 aromatic rings. The molecule has 2 heterocycles. The van der Waals surface area contributed by atoms with Crippen molar-refractivity contribution in [2.45, 2.75) is 13.8 Å². The molecule has 0 unspecified atom stereocenters. The molecule has 4 rings (SSSR count). The van der Waals surface area contributed by atoms with Gasteiger partial charge in [-0.05, 0) is 48.9 Å². The van der Waals surface area contributed by atoms with Gasteiger partial charge in [-0.15, -0.1) is 5.10 Å². The lowest BCUT2D eigenvalue weighted by molar-refractivity contribution is -0.116. The third-order valence-electron chi connectivity index (χ3n) is 4.52. The largest absolute Gasteiger partial charge is 0.497 e. The molecule has 8 heteroatoms. The summed E-state index contributed by atoms with van der Waals surface area (Å²) >= 11 is 0. The molecule has 8 nitrogen and oxygen atoms in total. The first-order chi connectivity index (χ1) is 13.9. The molecule has 0 saturated carbocycles. The molecule has 146 valence electrons. The van der Waals surface area contributed by atoms with E-state index in [1.165, 1.54) is 20.1 Å². The van der Waals surface area contributed by atoms with Crippen LogP contribution in [0.15, 0.2) is 56.8 Å². The number of benzene rings is 2. The second-order valence-electron chi connectivity index (χ2n) is 6.43. The van der Waals surface area contributed by atoms with Gasteiger partial charge in [-0.3, -0.25) is 9.59 Å². The average molecular weight is 392 g/mol. The van der Waals surface area contributed by atoms with Crippen LogP contribution in [0.1, 0.15) is 22.8 Å². The number of ketones is 1. The summed E-state index contributed by atoms with van der Waals surface area (Å²) in [5.41, 5.74) is 0.804. The van der Waals surface area contributed by atoms with Crippen molar-refractivity contribution in [3.8, 4) is 11.5 Å². The molecule has 0 spiro atoms. The zero-order valence-corrected chi connectivity index (χ0v) is 15.9. The first-order valence-electron chi connectivity index (χ1n) is 8.72. The van der Waals surface area contributed by atoms with Crippen molar-refractivity contribution in [1.82, 2.24) is 0 Å². The highest BCUT2D eigenvalue weighted by Crippen LogP contribution is 2.34. The monoisotopic (exact) mass is 392 g/mol. The number of aryl methyl sites for hydroxylation is 1. The van der Waals surface area contributed by atoms with Crippen LogP contribution in [0.3, 0.4) is 0 Å². The van der Waals surface area contributed by atoms with Crippen molar-refractivity contribution in [3.05, 3.63) is 64.0 Å². The fourth-order valence-electron chi connectivity index (χ4n) is 3.11. The highest BCUT2D eigenvalue weighted by atomic mass is 16.5. The lowest BCUT2D eigenvalue weighted by atomic mass is 10.0. The molecule has 1 amide bonds. The number of carbonyl (C=O) groups excluding carboxylic acids is 2. The van der Waals surface area contributed by atoms with Crippen LogP contribution in [0.4, 0.5) is 5.69 Å². The van der Waals surface area contributed by atoms with Crippen molar-refractivity contribution in [1.29, 1.82) is 0 Å². The van der Waals surface area contributed by atoms with Gasteiger partial charge in [0.2, 0.25) is 5.91 Å². The van der Waals surface area contributed by atoms with Crippen LogP contribution in [0, 0.1) is 6.92 Å². The number of carbonyl (C=O) groups is 2. The van der Waals surface area contributed by atoms with E-state index in [2.05, 4.69) is 5.10 Å². The van der Waals surface area contributed by atoms with Gasteiger partial charge in [-0.1, -0.05) is 0 Å². The molecule has 0 atom stereocenters. The summed E-state index contributed by atoms with van der Waals surface area (Å²) in [6.07, 6.45) is 0. The second kappa shape index (κ2) is 6.90. The summed E-state index contributed by atoms with van der Waals surface area (Å²) in [5.74, 6) is -0.445. The summed E-state index contributed by atoms with van der Waals surface area (Å²) in [5, 5.41) is 5.80. The van der Waals surface area contributed by atoms with Gasteiger partial charge in [-0.2, -0.15) is 5.01 Å². The molecule has 1 aromatic heterocycles. The first kappa shape index (κ1) is 18.4. The van der Waals surface area contributed by atoms with Gasteiger partial charge >= 0.3 is 5.63 Å². The van der Waals surface area contributed by atoms with Gasteiger partial charge in [0.25, 0.3) is 11.7 Å². The SMILES string of the molecule is COc1ccc(N(N=C2Oc3ccc4c(C)cc(=O)oc4c3C2=O)C(C)=O)cc1. The van der Waals surface area contributed by atoms with Crippen LogP contribution in [-0.2, 0) is 4.79 Å². The topological polar surface area (TPSA) is 98.4 Å². The number of hydrogen-bond acceptors (Lipinski definition) is 7. The van der Waals surface area contributed by atoms with Crippen molar-refractivity contribution in [3.63, 3.8) is 0 Å². The van der Waals surface area contributed by atoms with E-state index in [1.54, 1.807) is 43.3 Å². The number of fused-ring (bicyclic) bond motifs is 3. The van der Waals surface area contributed by atoms with E-state index in [-0.39, 0.29) is 22.8 Å². The molecule has 0 bridgehead atoms. The van der Waals surface area contributed by atoms with E-state index in [1.807, 2.05) is 0 Å². The Labute approximate surface area is 164 Å². The Hall–Kier alpha value is -3.94. The molecular formula is C21H16N2O6. The van der Waals surface area contributed by atoms with Gasteiger partial charge < -0.3 is 13.9 Å². The van der Waals surface area contributed by atoms with E-state index in [9.17, 15) is 14.4 Å². The van der Waals surface area contributed by atoms with Crippen LogP contribution >= 0.6 is 0 Å². The minimum Gasteiger partial charge on any atom is -0.497 e. The van der Waals surface area contributed by atoms with Gasteiger partial charge in [-0.25, -0.2) is 4.79 Å². The Kier molecular flexibility index (Phi) is 4.38. The van der Waals surface area contributed by atoms with Crippen molar-refractivity contribution in [2.75, 3.05) is 12.1 Å². The Morgan fingerprint density at radius 2 is 1.83 bits per heavy atom. The van der Waals surface area contributed by atoms with Gasteiger partial charge in [0.15, 0.2) is 5.58 Å². The summed E-state index contributed by atoms with van der Waals surface area (Å²) in [6.45, 7) is 3.07. The third-order valence-corrected chi connectivity index (χ3v) is 4.52.